The zero-order valence-electron chi connectivity index (χ0n) is 16.7. The van der Waals surface area contributed by atoms with Gasteiger partial charge in [0.25, 0.3) is 0 Å². The van der Waals surface area contributed by atoms with Crippen molar-refractivity contribution in [1.82, 2.24) is 9.78 Å². The normalized spacial score (nSPS) is 20.3. The molecule has 1 saturated heterocycles. The van der Waals surface area contributed by atoms with Crippen molar-refractivity contribution in [1.29, 1.82) is 0 Å². The summed E-state index contributed by atoms with van der Waals surface area (Å²) in [6.07, 6.45) is 6.79. The van der Waals surface area contributed by atoms with Crippen molar-refractivity contribution in [2.75, 3.05) is 0 Å². The van der Waals surface area contributed by atoms with E-state index in [2.05, 4.69) is 11.2 Å². The molecule has 30 heavy (non-hydrogen) atoms. The van der Waals surface area contributed by atoms with Crippen LogP contribution in [0.15, 0.2) is 52.2 Å². The predicted octanol–water partition coefficient (Wildman–Crippen LogP) is 6.11. The number of alkyl halides is 2. The van der Waals surface area contributed by atoms with Gasteiger partial charge in [-0.25, -0.2) is 0 Å². The van der Waals surface area contributed by atoms with Gasteiger partial charge in [-0.3, -0.25) is 0 Å². The van der Waals surface area contributed by atoms with E-state index in [1.165, 1.54) is 27.3 Å². The molecule has 0 bridgehead atoms. The molecule has 0 unspecified atom stereocenters. The van der Waals surface area contributed by atoms with Crippen LogP contribution in [0.4, 0.5) is 8.78 Å². The number of aliphatic hydroxyl groups excluding tert-OH is 1. The third-order valence-electron chi connectivity index (χ3n) is 5.95. The Hall–Kier alpha value is -2.06. The Labute approximate surface area is 181 Å². The van der Waals surface area contributed by atoms with Gasteiger partial charge in [-0.15, -0.1) is 0 Å². The van der Waals surface area contributed by atoms with Gasteiger partial charge in [-0.2, -0.15) is 0 Å². The summed E-state index contributed by atoms with van der Waals surface area (Å²) >= 11 is -1.64. The summed E-state index contributed by atoms with van der Waals surface area (Å²) in [5, 5.41) is 15.8. The fraction of sp³-hybridized carbons (Fsp3) is 0.292. The number of nitrogens with zero attached hydrogens (tertiary/aromatic N) is 2. The molecule has 2 aliphatic heterocycles. The van der Waals surface area contributed by atoms with E-state index < -0.39 is 25.9 Å². The van der Waals surface area contributed by atoms with Crippen LogP contribution in [0.1, 0.15) is 47.8 Å². The summed E-state index contributed by atoms with van der Waals surface area (Å²) in [5.74, 6) is -0.490. The molecule has 156 valence electrons. The topological polar surface area (TPSA) is 38.1 Å². The van der Waals surface area contributed by atoms with Crippen molar-refractivity contribution in [2.24, 2.45) is 0 Å². The van der Waals surface area contributed by atoms with Gasteiger partial charge in [0.1, 0.15) is 0 Å². The van der Waals surface area contributed by atoms with E-state index in [-0.39, 0.29) is 15.6 Å². The van der Waals surface area contributed by atoms with E-state index in [1.807, 2.05) is 10.9 Å². The number of aromatic nitrogens is 2. The van der Waals surface area contributed by atoms with Crippen LogP contribution in [-0.2, 0) is 4.43 Å². The maximum atomic E-state index is 13.7. The monoisotopic (exact) mass is 520 g/mol. The molecule has 3 aromatic rings. The average molecular weight is 520 g/mol. The number of hydrogen-bond acceptors (Lipinski definition) is 2. The summed E-state index contributed by atoms with van der Waals surface area (Å²) in [6, 6.07) is 11.4. The van der Waals surface area contributed by atoms with E-state index >= 15 is 0 Å². The van der Waals surface area contributed by atoms with Crippen molar-refractivity contribution in [3.8, 4) is 5.69 Å². The number of allylic oxidation sites excluding steroid dienone is 1. The number of rotatable bonds is 3. The fourth-order valence-corrected chi connectivity index (χ4v) is 12.1. The van der Waals surface area contributed by atoms with Gasteiger partial charge in [0.15, 0.2) is 0 Å². The second-order valence-corrected chi connectivity index (χ2v) is 13.9. The summed E-state index contributed by atoms with van der Waals surface area (Å²) in [5.41, 5.74) is 4.55. The second-order valence-electron chi connectivity index (χ2n) is 7.93. The van der Waals surface area contributed by atoms with Crippen molar-refractivity contribution < 1.29 is 13.9 Å². The van der Waals surface area contributed by atoms with Crippen molar-refractivity contribution in [3.63, 3.8) is 0 Å². The zero-order chi connectivity index (χ0) is 20.8. The number of hydrogen-bond donors (Lipinski definition) is 1. The third-order valence-corrected chi connectivity index (χ3v) is 13.5. The molecule has 0 aliphatic carbocycles. The number of aliphatic hydroxyl groups is 1. The molecule has 1 N–H and O–H groups in total. The third kappa shape index (κ3) is 3.50. The standard InChI is InChI=1S/C24H23F2IN2O/c1-15-11-16(5-10-21(15)26)24(30)22-4-2-3-19-12-23-17(13-27(19)22)14-28-29(23)20-8-6-18(25)7-9-20/h5-12,14,22,24,30H,2-4,13H2,1H3/t22-,24+/m1/s1. The Morgan fingerprint density at radius 2 is 1.97 bits per heavy atom. The summed E-state index contributed by atoms with van der Waals surface area (Å²) < 4.78 is 31.6. The van der Waals surface area contributed by atoms with Gasteiger partial charge < -0.3 is 0 Å². The number of halogens is 3. The quantitative estimate of drug-likeness (QED) is 0.335. The Kier molecular flexibility index (Phi) is 5.23. The Morgan fingerprint density at radius 3 is 2.73 bits per heavy atom. The molecule has 1 fully saturated rings. The first-order valence-corrected chi connectivity index (χ1v) is 14.0. The van der Waals surface area contributed by atoms with E-state index in [0.29, 0.717) is 5.56 Å². The first kappa shape index (κ1) is 19.9. The van der Waals surface area contributed by atoms with Crippen LogP contribution in [0, 0.1) is 18.6 Å². The molecule has 1 aromatic heterocycles. The van der Waals surface area contributed by atoms with Crippen LogP contribution in [0.3, 0.4) is 0 Å². The first-order valence-electron chi connectivity index (χ1n) is 10.1. The minimum atomic E-state index is -1.64. The summed E-state index contributed by atoms with van der Waals surface area (Å²) in [7, 11) is 0. The summed E-state index contributed by atoms with van der Waals surface area (Å²) in [6.45, 7) is 1.74. The van der Waals surface area contributed by atoms with Gasteiger partial charge in [0.05, 0.1) is 0 Å². The van der Waals surface area contributed by atoms with Crippen LogP contribution >= 0.6 is 19.8 Å². The summed E-state index contributed by atoms with van der Waals surface area (Å²) in [4.78, 5) is 0. The van der Waals surface area contributed by atoms with Crippen LogP contribution in [-0.4, -0.2) is 18.8 Å². The van der Waals surface area contributed by atoms with Crippen LogP contribution in [0.5, 0.6) is 0 Å². The van der Waals surface area contributed by atoms with Crippen molar-refractivity contribution >= 4 is 25.9 Å². The molecular formula is C24H23F2IN2O. The molecule has 3 nitrogen and oxygen atoms in total. The number of aryl methyl sites for hydroxylation is 1. The molecule has 6 heteroatoms. The molecule has 2 aliphatic rings. The van der Waals surface area contributed by atoms with Crippen LogP contribution in [0.2, 0.25) is 0 Å². The van der Waals surface area contributed by atoms with Gasteiger partial charge in [0, 0.05) is 0 Å². The Balaban J connectivity index is 1.46. The van der Waals surface area contributed by atoms with E-state index in [9.17, 15) is 13.9 Å². The molecule has 0 spiro atoms. The zero-order valence-corrected chi connectivity index (χ0v) is 18.8. The van der Waals surface area contributed by atoms with Crippen molar-refractivity contribution in [3.05, 3.63) is 86.3 Å². The predicted molar refractivity (Wildman–Crippen MR) is 123 cm³/mol. The van der Waals surface area contributed by atoms with E-state index in [0.717, 1.165) is 40.6 Å². The minimum absolute atomic E-state index is 0.232. The van der Waals surface area contributed by atoms with Gasteiger partial charge in [-0.1, -0.05) is 0 Å². The SMILES string of the molecule is Cc1cc([C@H](O)[C@H]2CCCC3=Cc4c(cnn4-c4ccc(F)cc4)CI32)ccc1F. The molecule has 2 atom stereocenters. The average Bonchev–Trinajstić information content (AvgIpc) is 3.16. The first-order chi connectivity index (χ1) is 14.5. The molecule has 0 amide bonds. The second kappa shape index (κ2) is 7.89. The molecule has 0 radical (unpaired) electrons. The molecule has 3 heterocycles. The van der Waals surface area contributed by atoms with Gasteiger partial charge >= 0.3 is 182 Å². The molecule has 2 aromatic carbocycles. The Bertz CT molecular complexity index is 1120. The molecular weight excluding hydrogens is 497 g/mol. The number of benzene rings is 2. The van der Waals surface area contributed by atoms with Gasteiger partial charge in [-0.05, 0) is 0 Å². The fourth-order valence-electron chi connectivity index (χ4n) is 4.33. The van der Waals surface area contributed by atoms with E-state index in [4.69, 9.17) is 0 Å². The van der Waals surface area contributed by atoms with Crippen molar-refractivity contribution in [2.45, 2.75) is 40.6 Å². The van der Waals surface area contributed by atoms with E-state index in [1.54, 1.807) is 31.2 Å². The van der Waals surface area contributed by atoms with Crippen LogP contribution in [0.25, 0.3) is 11.8 Å². The number of fused-ring (bicyclic) bond motifs is 2. The molecule has 0 saturated carbocycles. The maximum absolute atomic E-state index is 13.7. The Morgan fingerprint density at radius 1 is 1.17 bits per heavy atom. The van der Waals surface area contributed by atoms with Crippen LogP contribution < -0.4 is 0 Å². The van der Waals surface area contributed by atoms with Gasteiger partial charge in [0.2, 0.25) is 0 Å². The molecule has 5 rings (SSSR count).